The third kappa shape index (κ3) is 5.63. The third-order valence-electron chi connectivity index (χ3n) is 3.76. The minimum atomic E-state index is -4.77. The zero-order valence-corrected chi connectivity index (χ0v) is 16.6. The predicted molar refractivity (Wildman–Crippen MR) is 103 cm³/mol. The van der Waals surface area contributed by atoms with Gasteiger partial charge in [0.05, 0.1) is 18.0 Å². The van der Waals surface area contributed by atoms with E-state index in [0.29, 0.717) is 22.3 Å². The maximum absolute atomic E-state index is 12.5. The van der Waals surface area contributed by atoms with Crippen molar-refractivity contribution in [2.24, 2.45) is 0 Å². The zero-order valence-electron chi connectivity index (χ0n) is 15.8. The largest absolute Gasteiger partial charge is 0.573 e. The van der Waals surface area contributed by atoms with E-state index in [1.807, 2.05) is 0 Å². The Balaban J connectivity index is 1.66. The van der Waals surface area contributed by atoms with Crippen molar-refractivity contribution in [3.05, 3.63) is 48.5 Å². The lowest BCUT2D eigenvalue weighted by Gasteiger charge is -2.12. The summed E-state index contributed by atoms with van der Waals surface area (Å²) in [5.41, 5.74) is 1.02. The monoisotopic (exact) mass is 439 g/mol. The Bertz CT molecular complexity index is 994. The summed E-state index contributed by atoms with van der Waals surface area (Å²) in [5.74, 6) is 0.0376. The van der Waals surface area contributed by atoms with E-state index >= 15 is 0 Å². The van der Waals surface area contributed by atoms with Gasteiger partial charge < -0.3 is 14.8 Å². The molecule has 0 bridgehead atoms. The summed E-state index contributed by atoms with van der Waals surface area (Å²) in [5, 5.41) is 13.8. The average molecular weight is 439 g/mol. The van der Waals surface area contributed by atoms with Crippen LogP contribution in [0.15, 0.2) is 53.7 Å². The number of halogens is 3. The first kappa shape index (κ1) is 21.4. The molecular formula is C18H16F3N5O3S. The van der Waals surface area contributed by atoms with Gasteiger partial charge in [-0.1, -0.05) is 11.8 Å². The van der Waals surface area contributed by atoms with Gasteiger partial charge in [-0.25, -0.2) is 0 Å². The van der Waals surface area contributed by atoms with Gasteiger partial charge in [0.1, 0.15) is 11.5 Å². The highest BCUT2D eigenvalue weighted by molar-refractivity contribution is 8.00. The first-order chi connectivity index (χ1) is 14.2. The van der Waals surface area contributed by atoms with Gasteiger partial charge in [-0.3, -0.25) is 4.79 Å². The van der Waals surface area contributed by atoms with E-state index in [1.54, 1.807) is 38.3 Å². The summed E-state index contributed by atoms with van der Waals surface area (Å²) in [6.07, 6.45) is -4.77. The van der Waals surface area contributed by atoms with Crippen LogP contribution in [0, 0.1) is 0 Å². The minimum absolute atomic E-state index is 0.270. The Morgan fingerprint density at radius 2 is 1.73 bits per heavy atom. The fraction of sp³-hybridized carbons (Fsp3) is 0.222. The molecule has 12 heteroatoms. The molecule has 8 nitrogen and oxygen atoms in total. The molecule has 0 aliphatic rings. The van der Waals surface area contributed by atoms with Gasteiger partial charge in [0.25, 0.3) is 0 Å². The van der Waals surface area contributed by atoms with Crippen molar-refractivity contribution in [2.75, 3.05) is 12.4 Å². The van der Waals surface area contributed by atoms with Crippen molar-refractivity contribution in [2.45, 2.75) is 23.7 Å². The van der Waals surface area contributed by atoms with Crippen molar-refractivity contribution in [3.8, 4) is 17.2 Å². The molecule has 0 spiro atoms. The number of carbonyl (C=O) groups excluding carboxylic acids is 1. The van der Waals surface area contributed by atoms with Gasteiger partial charge in [-0.05, 0) is 65.9 Å². The highest BCUT2D eigenvalue weighted by Gasteiger charge is 2.31. The maximum Gasteiger partial charge on any atom is 0.573 e. The first-order valence-corrected chi connectivity index (χ1v) is 9.39. The van der Waals surface area contributed by atoms with Gasteiger partial charge in [0.15, 0.2) is 0 Å². The standard InChI is InChI=1S/C18H16F3N5O3S/c1-11(16(27)22-12-3-7-14(28-2)8-4-12)30-17-23-24-25-26(17)13-5-9-15(10-6-13)29-18(19,20)21/h3-11H,1-2H3,(H,22,27). The molecule has 0 saturated carbocycles. The number of benzene rings is 2. The summed E-state index contributed by atoms with van der Waals surface area (Å²) in [4.78, 5) is 12.5. The maximum atomic E-state index is 12.5. The summed E-state index contributed by atoms with van der Waals surface area (Å²) in [6.45, 7) is 1.68. The van der Waals surface area contributed by atoms with E-state index in [-0.39, 0.29) is 11.7 Å². The molecule has 1 atom stereocenters. The van der Waals surface area contributed by atoms with E-state index in [4.69, 9.17) is 4.74 Å². The number of hydrogen-bond acceptors (Lipinski definition) is 7. The highest BCUT2D eigenvalue weighted by Crippen LogP contribution is 2.27. The number of amides is 1. The number of hydrogen-bond donors (Lipinski definition) is 1. The Labute approximate surface area is 173 Å². The molecular weight excluding hydrogens is 423 g/mol. The summed E-state index contributed by atoms with van der Waals surface area (Å²) < 4.78 is 47.1. The molecule has 3 aromatic rings. The van der Waals surface area contributed by atoms with Crippen LogP contribution in [0.2, 0.25) is 0 Å². The van der Waals surface area contributed by atoms with Crippen LogP contribution in [-0.2, 0) is 4.79 Å². The number of methoxy groups -OCH3 is 1. The number of carbonyl (C=O) groups is 1. The normalized spacial score (nSPS) is 12.3. The number of ether oxygens (including phenoxy) is 2. The Hall–Kier alpha value is -3.28. The molecule has 2 aromatic carbocycles. The molecule has 0 aliphatic heterocycles. The fourth-order valence-electron chi connectivity index (χ4n) is 2.33. The van der Waals surface area contributed by atoms with Crippen LogP contribution in [0.4, 0.5) is 18.9 Å². The topological polar surface area (TPSA) is 91.2 Å². The van der Waals surface area contributed by atoms with Crippen LogP contribution in [0.3, 0.4) is 0 Å². The smallest absolute Gasteiger partial charge is 0.497 e. The van der Waals surface area contributed by atoms with E-state index in [1.165, 1.54) is 16.8 Å². The number of rotatable bonds is 7. The van der Waals surface area contributed by atoms with Crippen molar-refractivity contribution >= 4 is 23.4 Å². The van der Waals surface area contributed by atoms with E-state index < -0.39 is 11.6 Å². The number of nitrogens with one attached hydrogen (secondary N) is 1. The van der Waals surface area contributed by atoms with Crippen LogP contribution < -0.4 is 14.8 Å². The Morgan fingerprint density at radius 3 is 2.33 bits per heavy atom. The SMILES string of the molecule is COc1ccc(NC(=O)C(C)Sc2nnnn2-c2ccc(OC(F)(F)F)cc2)cc1. The van der Waals surface area contributed by atoms with Gasteiger partial charge in [0.2, 0.25) is 11.1 Å². The molecule has 0 saturated heterocycles. The van der Waals surface area contributed by atoms with Crippen molar-refractivity contribution in [1.82, 2.24) is 20.2 Å². The molecule has 1 N–H and O–H groups in total. The highest BCUT2D eigenvalue weighted by atomic mass is 32.2. The molecule has 1 unspecified atom stereocenters. The fourth-order valence-corrected chi connectivity index (χ4v) is 3.14. The Kier molecular flexibility index (Phi) is 6.45. The van der Waals surface area contributed by atoms with E-state index in [9.17, 15) is 18.0 Å². The van der Waals surface area contributed by atoms with E-state index in [2.05, 4.69) is 25.6 Å². The molecule has 30 heavy (non-hydrogen) atoms. The third-order valence-corrected chi connectivity index (χ3v) is 4.80. The lowest BCUT2D eigenvalue weighted by atomic mass is 10.3. The number of anilines is 1. The number of tetrazole rings is 1. The number of nitrogens with zero attached hydrogens (tertiary/aromatic N) is 4. The van der Waals surface area contributed by atoms with Crippen molar-refractivity contribution in [3.63, 3.8) is 0 Å². The van der Waals surface area contributed by atoms with Crippen LogP contribution in [-0.4, -0.2) is 44.8 Å². The predicted octanol–water partition coefficient (Wildman–Crippen LogP) is 3.69. The van der Waals surface area contributed by atoms with Gasteiger partial charge in [-0.15, -0.1) is 18.3 Å². The minimum Gasteiger partial charge on any atom is -0.497 e. The second-order valence-corrected chi connectivity index (χ2v) is 7.20. The molecule has 1 amide bonds. The van der Waals surface area contributed by atoms with Crippen LogP contribution in [0.25, 0.3) is 5.69 Å². The van der Waals surface area contributed by atoms with Gasteiger partial charge in [-0.2, -0.15) is 4.68 Å². The summed E-state index contributed by atoms with van der Waals surface area (Å²) >= 11 is 1.10. The van der Waals surface area contributed by atoms with Gasteiger partial charge >= 0.3 is 6.36 Å². The lowest BCUT2D eigenvalue weighted by molar-refractivity contribution is -0.274. The molecule has 3 rings (SSSR count). The lowest BCUT2D eigenvalue weighted by Crippen LogP contribution is -2.22. The molecule has 0 fully saturated rings. The van der Waals surface area contributed by atoms with Crippen molar-refractivity contribution < 1.29 is 27.4 Å². The zero-order chi connectivity index (χ0) is 21.7. The molecule has 0 radical (unpaired) electrons. The number of thioether (sulfide) groups is 1. The van der Waals surface area contributed by atoms with Crippen LogP contribution in [0.5, 0.6) is 11.5 Å². The van der Waals surface area contributed by atoms with Crippen LogP contribution in [0.1, 0.15) is 6.92 Å². The summed E-state index contributed by atoms with van der Waals surface area (Å²) in [7, 11) is 1.55. The second kappa shape index (κ2) is 9.03. The number of aromatic nitrogens is 4. The second-order valence-electron chi connectivity index (χ2n) is 5.89. The average Bonchev–Trinajstić information content (AvgIpc) is 3.16. The van der Waals surface area contributed by atoms with E-state index in [0.717, 1.165) is 23.9 Å². The first-order valence-electron chi connectivity index (χ1n) is 8.51. The van der Waals surface area contributed by atoms with Gasteiger partial charge in [0, 0.05) is 5.69 Å². The number of alkyl halides is 3. The molecule has 158 valence electrons. The Morgan fingerprint density at radius 1 is 1.10 bits per heavy atom. The van der Waals surface area contributed by atoms with Crippen molar-refractivity contribution in [1.29, 1.82) is 0 Å². The molecule has 1 heterocycles. The molecule has 0 aliphatic carbocycles. The van der Waals surface area contributed by atoms with Crippen LogP contribution >= 0.6 is 11.8 Å². The summed E-state index contributed by atoms with van der Waals surface area (Å²) in [6, 6.07) is 11.9. The quantitative estimate of drug-likeness (QED) is 0.562. The molecule has 1 aromatic heterocycles.